The Bertz CT molecular complexity index is 567. The van der Waals surface area contributed by atoms with Gasteiger partial charge >= 0.3 is 0 Å². The van der Waals surface area contributed by atoms with E-state index in [0.717, 1.165) is 28.8 Å². The highest BCUT2D eigenvalue weighted by molar-refractivity contribution is 9.10. The van der Waals surface area contributed by atoms with E-state index >= 15 is 0 Å². The van der Waals surface area contributed by atoms with Crippen LogP contribution in [0, 0.1) is 5.92 Å². The van der Waals surface area contributed by atoms with Crippen LogP contribution >= 0.6 is 15.9 Å². The van der Waals surface area contributed by atoms with Gasteiger partial charge in [0.05, 0.1) is 10.7 Å². The Labute approximate surface area is 120 Å². The molecule has 0 amide bonds. The number of anilines is 1. The molecule has 3 rings (SSSR count). The van der Waals surface area contributed by atoms with E-state index in [1.165, 1.54) is 19.3 Å². The van der Waals surface area contributed by atoms with E-state index in [4.69, 9.17) is 5.73 Å². The summed E-state index contributed by atoms with van der Waals surface area (Å²) >= 11 is 3.51. The molecule has 6 heteroatoms. The standard InChI is InChI=1S/C13H18BrN5/c14-10-8-18-19-6-5-16-13(12(10)19)17-7-9-3-1-2-4-11(9)15/h5-6,8-9,11H,1-4,7,15H2,(H,16,17). The Kier molecular flexibility index (Phi) is 3.70. The van der Waals surface area contributed by atoms with Crippen molar-refractivity contribution in [2.75, 3.05) is 11.9 Å². The molecule has 0 aliphatic heterocycles. The molecule has 102 valence electrons. The van der Waals surface area contributed by atoms with Crippen LogP contribution in [-0.4, -0.2) is 27.2 Å². The molecule has 0 saturated heterocycles. The average Bonchev–Trinajstić information content (AvgIpc) is 2.80. The fraction of sp³-hybridized carbons (Fsp3) is 0.538. The highest BCUT2D eigenvalue weighted by Gasteiger charge is 2.22. The van der Waals surface area contributed by atoms with Crippen LogP contribution in [-0.2, 0) is 0 Å². The molecule has 2 aromatic heterocycles. The minimum absolute atomic E-state index is 0.314. The zero-order valence-corrected chi connectivity index (χ0v) is 12.3. The topological polar surface area (TPSA) is 68.2 Å². The third-order valence-electron chi connectivity index (χ3n) is 3.89. The van der Waals surface area contributed by atoms with E-state index in [-0.39, 0.29) is 0 Å². The van der Waals surface area contributed by atoms with Gasteiger partial charge in [0.2, 0.25) is 0 Å². The highest BCUT2D eigenvalue weighted by atomic mass is 79.9. The molecular weight excluding hydrogens is 306 g/mol. The number of nitrogens with one attached hydrogen (secondary N) is 1. The van der Waals surface area contributed by atoms with Crippen LogP contribution in [0.1, 0.15) is 25.7 Å². The third kappa shape index (κ3) is 2.60. The van der Waals surface area contributed by atoms with Crippen LogP contribution in [0.3, 0.4) is 0 Å². The van der Waals surface area contributed by atoms with Gasteiger partial charge in [0.15, 0.2) is 5.82 Å². The van der Waals surface area contributed by atoms with E-state index in [9.17, 15) is 0 Å². The van der Waals surface area contributed by atoms with E-state index in [0.29, 0.717) is 12.0 Å². The third-order valence-corrected chi connectivity index (χ3v) is 4.47. The predicted molar refractivity (Wildman–Crippen MR) is 79.1 cm³/mol. The molecule has 1 fully saturated rings. The summed E-state index contributed by atoms with van der Waals surface area (Å²) in [6.45, 7) is 0.880. The number of rotatable bonds is 3. The molecule has 2 unspecified atom stereocenters. The van der Waals surface area contributed by atoms with Crippen molar-refractivity contribution in [3.63, 3.8) is 0 Å². The minimum Gasteiger partial charge on any atom is -0.368 e. The number of hydrogen-bond donors (Lipinski definition) is 2. The van der Waals surface area contributed by atoms with Gasteiger partial charge in [-0.25, -0.2) is 9.50 Å². The first kappa shape index (κ1) is 12.9. The number of halogens is 1. The lowest BCUT2D eigenvalue weighted by atomic mass is 9.85. The second-order valence-corrected chi connectivity index (χ2v) is 6.01. The Hall–Kier alpha value is -1.14. The Morgan fingerprint density at radius 1 is 1.42 bits per heavy atom. The van der Waals surface area contributed by atoms with Gasteiger partial charge in [0.25, 0.3) is 0 Å². The number of nitrogens with zero attached hydrogens (tertiary/aromatic N) is 3. The van der Waals surface area contributed by atoms with Gasteiger partial charge in [-0.15, -0.1) is 0 Å². The molecule has 0 spiro atoms. The van der Waals surface area contributed by atoms with Crippen molar-refractivity contribution in [1.82, 2.24) is 14.6 Å². The molecule has 3 N–H and O–H groups in total. The molecule has 5 nitrogen and oxygen atoms in total. The first-order valence-electron chi connectivity index (χ1n) is 6.73. The summed E-state index contributed by atoms with van der Waals surface area (Å²) in [5, 5.41) is 7.69. The van der Waals surface area contributed by atoms with Gasteiger partial charge in [-0.1, -0.05) is 12.8 Å². The SMILES string of the molecule is NC1CCCCC1CNc1nccn2ncc(Br)c12. The zero-order chi connectivity index (χ0) is 13.2. The summed E-state index contributed by atoms with van der Waals surface area (Å²) in [6.07, 6.45) is 10.3. The van der Waals surface area contributed by atoms with Crippen molar-refractivity contribution in [2.24, 2.45) is 11.7 Å². The molecule has 1 saturated carbocycles. The maximum Gasteiger partial charge on any atom is 0.153 e. The van der Waals surface area contributed by atoms with Gasteiger partial charge < -0.3 is 11.1 Å². The summed E-state index contributed by atoms with van der Waals surface area (Å²) in [4.78, 5) is 4.41. The van der Waals surface area contributed by atoms with Crippen LogP contribution in [0.4, 0.5) is 5.82 Å². The van der Waals surface area contributed by atoms with E-state index < -0.39 is 0 Å². The number of fused-ring (bicyclic) bond motifs is 1. The molecule has 1 aliphatic carbocycles. The summed E-state index contributed by atoms with van der Waals surface area (Å²) < 4.78 is 2.77. The predicted octanol–water partition coefficient (Wildman–Crippen LogP) is 2.42. The molecule has 0 radical (unpaired) electrons. The van der Waals surface area contributed by atoms with Crippen molar-refractivity contribution < 1.29 is 0 Å². The first-order chi connectivity index (χ1) is 9.25. The second kappa shape index (κ2) is 5.46. The molecule has 0 aromatic carbocycles. The lowest BCUT2D eigenvalue weighted by Gasteiger charge is -2.28. The largest absolute Gasteiger partial charge is 0.368 e. The highest BCUT2D eigenvalue weighted by Crippen LogP contribution is 2.26. The maximum atomic E-state index is 6.18. The zero-order valence-electron chi connectivity index (χ0n) is 10.7. The fourth-order valence-electron chi connectivity index (χ4n) is 2.75. The summed E-state index contributed by atoms with van der Waals surface area (Å²) in [5.41, 5.74) is 7.16. The van der Waals surface area contributed by atoms with Crippen LogP contribution in [0.25, 0.3) is 5.52 Å². The van der Waals surface area contributed by atoms with Crippen molar-refractivity contribution in [3.05, 3.63) is 23.1 Å². The molecule has 2 aromatic rings. The van der Waals surface area contributed by atoms with E-state index in [1.54, 1.807) is 12.4 Å². The fourth-order valence-corrected chi connectivity index (χ4v) is 3.22. The van der Waals surface area contributed by atoms with Crippen LogP contribution in [0.15, 0.2) is 23.1 Å². The monoisotopic (exact) mass is 323 g/mol. The summed E-state index contributed by atoms with van der Waals surface area (Å²) in [7, 11) is 0. The summed E-state index contributed by atoms with van der Waals surface area (Å²) in [5.74, 6) is 1.40. The van der Waals surface area contributed by atoms with Gasteiger partial charge in [-0.3, -0.25) is 0 Å². The first-order valence-corrected chi connectivity index (χ1v) is 7.52. The van der Waals surface area contributed by atoms with Crippen molar-refractivity contribution in [3.8, 4) is 0 Å². The summed E-state index contributed by atoms with van der Waals surface area (Å²) in [6, 6.07) is 0.314. The number of aromatic nitrogens is 3. The van der Waals surface area contributed by atoms with E-state index in [2.05, 4.69) is 31.3 Å². The lowest BCUT2D eigenvalue weighted by molar-refractivity contribution is 0.321. The van der Waals surface area contributed by atoms with Crippen molar-refractivity contribution in [2.45, 2.75) is 31.7 Å². The average molecular weight is 324 g/mol. The van der Waals surface area contributed by atoms with Crippen molar-refractivity contribution in [1.29, 1.82) is 0 Å². The molecule has 19 heavy (non-hydrogen) atoms. The van der Waals surface area contributed by atoms with Gasteiger partial charge in [0.1, 0.15) is 5.52 Å². The second-order valence-electron chi connectivity index (χ2n) is 5.15. The van der Waals surface area contributed by atoms with Crippen LogP contribution in [0.5, 0.6) is 0 Å². The maximum absolute atomic E-state index is 6.18. The van der Waals surface area contributed by atoms with Crippen LogP contribution in [0.2, 0.25) is 0 Å². The van der Waals surface area contributed by atoms with E-state index in [1.807, 2.05) is 10.7 Å². The molecule has 1 aliphatic rings. The lowest BCUT2D eigenvalue weighted by Crippen LogP contribution is -2.37. The minimum atomic E-state index is 0.314. The molecule has 0 bridgehead atoms. The molecule has 2 heterocycles. The normalized spacial score (nSPS) is 23.7. The smallest absolute Gasteiger partial charge is 0.153 e. The van der Waals surface area contributed by atoms with Gasteiger partial charge in [-0.2, -0.15) is 5.10 Å². The quantitative estimate of drug-likeness (QED) is 0.910. The van der Waals surface area contributed by atoms with Crippen LogP contribution < -0.4 is 11.1 Å². The molecule has 2 atom stereocenters. The molecular formula is C13H18BrN5. The van der Waals surface area contributed by atoms with Gasteiger partial charge in [-0.05, 0) is 34.7 Å². The van der Waals surface area contributed by atoms with Gasteiger partial charge in [0, 0.05) is 25.0 Å². The Morgan fingerprint density at radius 3 is 3.11 bits per heavy atom. The van der Waals surface area contributed by atoms with Crippen molar-refractivity contribution >= 4 is 27.3 Å². The Balaban J connectivity index is 1.76. The number of nitrogens with two attached hydrogens (primary N) is 1. The number of hydrogen-bond acceptors (Lipinski definition) is 4. The Morgan fingerprint density at radius 2 is 2.26 bits per heavy atom.